The smallest absolute Gasteiger partial charge is 0.462 e. The minimum absolute atomic E-state index is 0.104. The number of aliphatic hydroxyl groups excluding tert-OH is 1. The number of hydrogen-bond acceptors (Lipinski definition) is 15. The van der Waals surface area contributed by atoms with E-state index in [1.54, 1.807) is 0 Å². The van der Waals surface area contributed by atoms with Crippen molar-refractivity contribution in [3.8, 4) is 0 Å². The van der Waals surface area contributed by atoms with Crippen LogP contribution in [0.2, 0.25) is 0 Å². The molecule has 0 aliphatic carbocycles. The van der Waals surface area contributed by atoms with E-state index < -0.39 is 97.5 Å². The first kappa shape index (κ1) is 93.1. The van der Waals surface area contributed by atoms with E-state index in [1.807, 2.05) is 0 Å². The molecule has 3 N–H and O–H groups in total. The first-order valence-corrected chi connectivity index (χ1v) is 42.2. The fraction of sp³-hybridized carbons (Fsp3) is 0.947. The van der Waals surface area contributed by atoms with Gasteiger partial charge in [0.15, 0.2) is 12.2 Å². The molecule has 0 aromatic carbocycles. The maximum absolute atomic E-state index is 13.1. The second-order valence-corrected chi connectivity index (χ2v) is 32.2. The second-order valence-electron chi connectivity index (χ2n) is 29.3. The Morgan fingerprint density at radius 1 is 0.263 bits per heavy atom. The topological polar surface area (TPSA) is 237 Å². The third kappa shape index (κ3) is 70.3. The van der Waals surface area contributed by atoms with E-state index in [9.17, 15) is 43.2 Å². The molecule has 0 aromatic heterocycles. The Morgan fingerprint density at radius 2 is 0.442 bits per heavy atom. The van der Waals surface area contributed by atoms with Crippen molar-refractivity contribution in [1.29, 1.82) is 0 Å². The first-order valence-electron chi connectivity index (χ1n) is 39.2. The number of carbonyl (C=O) groups is 4. The molecule has 0 aromatic rings. The summed E-state index contributed by atoms with van der Waals surface area (Å²) >= 11 is 0. The molecule has 0 aliphatic rings. The lowest BCUT2D eigenvalue weighted by atomic mass is 10.0. The fourth-order valence-corrected chi connectivity index (χ4v) is 13.1. The molecule has 0 bridgehead atoms. The average Bonchev–Trinajstić information content (AvgIpc) is 1.68. The van der Waals surface area contributed by atoms with Crippen LogP contribution in [-0.2, 0) is 65.4 Å². The number of phosphoric acid groups is 2. The highest BCUT2D eigenvalue weighted by Crippen LogP contribution is 2.45. The zero-order chi connectivity index (χ0) is 70.3. The third-order valence-electron chi connectivity index (χ3n) is 17.6. The number of esters is 4. The number of rotatable bonds is 73. The minimum Gasteiger partial charge on any atom is -0.462 e. The van der Waals surface area contributed by atoms with Gasteiger partial charge in [0, 0.05) is 25.7 Å². The minimum atomic E-state index is -4.96. The number of carbonyl (C=O) groups excluding carboxylic acids is 4. The van der Waals surface area contributed by atoms with Crippen molar-refractivity contribution in [2.24, 2.45) is 23.7 Å². The highest BCUT2D eigenvalue weighted by atomic mass is 31.2. The van der Waals surface area contributed by atoms with Gasteiger partial charge in [0.1, 0.15) is 19.3 Å². The summed E-state index contributed by atoms with van der Waals surface area (Å²) in [7, 11) is -9.91. The summed E-state index contributed by atoms with van der Waals surface area (Å²) < 4.78 is 68.5. The van der Waals surface area contributed by atoms with Crippen LogP contribution in [-0.4, -0.2) is 96.7 Å². The summed E-state index contributed by atoms with van der Waals surface area (Å²) in [5.74, 6) is 0.872. The molecule has 0 radical (unpaired) electrons. The molecule has 95 heavy (non-hydrogen) atoms. The van der Waals surface area contributed by atoms with E-state index in [0.29, 0.717) is 31.6 Å². The first-order chi connectivity index (χ1) is 45.6. The molecule has 0 aliphatic heterocycles. The molecule has 5 atom stereocenters. The Balaban J connectivity index is 5.19. The zero-order valence-electron chi connectivity index (χ0n) is 62.3. The van der Waals surface area contributed by atoms with Crippen molar-refractivity contribution in [3.63, 3.8) is 0 Å². The van der Waals surface area contributed by atoms with E-state index in [-0.39, 0.29) is 25.7 Å². The lowest BCUT2D eigenvalue weighted by Gasteiger charge is -2.21. The predicted molar refractivity (Wildman–Crippen MR) is 386 cm³/mol. The Kier molecular flexibility index (Phi) is 64.0. The summed E-state index contributed by atoms with van der Waals surface area (Å²) in [4.78, 5) is 72.7. The van der Waals surface area contributed by atoms with Crippen molar-refractivity contribution in [2.75, 3.05) is 39.6 Å². The highest BCUT2D eigenvalue weighted by Gasteiger charge is 2.30. The number of aliphatic hydroxyl groups is 1. The van der Waals surface area contributed by atoms with Crippen LogP contribution in [0.25, 0.3) is 0 Å². The van der Waals surface area contributed by atoms with Crippen LogP contribution in [0.1, 0.15) is 383 Å². The van der Waals surface area contributed by atoms with Gasteiger partial charge < -0.3 is 33.8 Å². The van der Waals surface area contributed by atoms with Gasteiger partial charge in [-0.1, -0.05) is 331 Å². The standard InChI is InChI=1S/C76H148O17P2/c1-66(2)52-44-36-28-22-17-15-13-11-9-10-12-14-16-18-25-32-42-50-58-75(80)92-71(62-86-73(78)56-48-40-31-27-21-24-30-38-46-54-68(5)6)64-90-94(82,83)88-60-70(77)61-89-95(84,85)91-65-72(63-87-74(79)57-49-41-35-34-39-47-55-69(7)8)93-76(81)59-51-43-33-26-20-19-23-29-37-45-53-67(3)4/h66-72,77H,9-65H2,1-8H3,(H,82,83)(H,84,85)/t70-,71-,72-/m1/s1. The van der Waals surface area contributed by atoms with E-state index in [0.717, 1.165) is 114 Å². The molecular formula is C76H148O17P2. The van der Waals surface area contributed by atoms with Crippen molar-refractivity contribution < 1.29 is 80.2 Å². The number of unbranched alkanes of at least 4 members (excludes halogenated alkanes) is 39. The van der Waals surface area contributed by atoms with Crippen LogP contribution >= 0.6 is 15.6 Å². The largest absolute Gasteiger partial charge is 0.472 e. The molecule has 0 amide bonds. The van der Waals surface area contributed by atoms with Crippen LogP contribution in [0.3, 0.4) is 0 Å². The normalized spacial score (nSPS) is 14.1. The molecule has 0 heterocycles. The Bertz CT molecular complexity index is 1870. The van der Waals surface area contributed by atoms with Crippen molar-refractivity contribution >= 4 is 39.5 Å². The molecule has 0 fully saturated rings. The maximum atomic E-state index is 13.1. The van der Waals surface area contributed by atoms with Crippen LogP contribution in [0.5, 0.6) is 0 Å². The molecule has 0 spiro atoms. The predicted octanol–water partition coefficient (Wildman–Crippen LogP) is 22.0. The average molecular weight is 1400 g/mol. The van der Waals surface area contributed by atoms with Gasteiger partial charge in [-0.25, -0.2) is 9.13 Å². The van der Waals surface area contributed by atoms with Gasteiger partial charge in [0.25, 0.3) is 0 Å². The molecule has 0 saturated carbocycles. The van der Waals surface area contributed by atoms with Crippen LogP contribution < -0.4 is 0 Å². The van der Waals surface area contributed by atoms with Gasteiger partial charge >= 0.3 is 39.5 Å². The fourth-order valence-electron chi connectivity index (χ4n) is 11.6. The van der Waals surface area contributed by atoms with Crippen LogP contribution in [0.15, 0.2) is 0 Å². The molecule has 0 saturated heterocycles. The van der Waals surface area contributed by atoms with Crippen LogP contribution in [0, 0.1) is 23.7 Å². The number of phosphoric ester groups is 2. The third-order valence-corrected chi connectivity index (χ3v) is 19.5. The molecule has 17 nitrogen and oxygen atoms in total. The van der Waals surface area contributed by atoms with Gasteiger partial charge in [-0.2, -0.15) is 0 Å². The monoisotopic (exact) mass is 1400 g/mol. The van der Waals surface area contributed by atoms with Gasteiger partial charge in [0.05, 0.1) is 26.4 Å². The SMILES string of the molecule is CC(C)CCCCCCCCCCCCCCCCCCCCC(=O)O[C@H](COC(=O)CCCCCCCCCCCC(C)C)COP(=O)(O)OC[C@@H](O)COP(=O)(O)OC[C@@H](COC(=O)CCCCCCCCC(C)C)OC(=O)CCCCCCCCCCCCC(C)C. The van der Waals surface area contributed by atoms with Gasteiger partial charge in [-0.3, -0.25) is 37.3 Å². The Labute approximate surface area is 581 Å². The lowest BCUT2D eigenvalue weighted by molar-refractivity contribution is -0.161. The molecule has 19 heteroatoms. The maximum Gasteiger partial charge on any atom is 0.472 e. The second kappa shape index (κ2) is 65.4. The van der Waals surface area contributed by atoms with E-state index in [4.69, 9.17) is 37.0 Å². The Hall–Kier alpha value is -1.94. The number of hydrogen-bond donors (Lipinski definition) is 3. The van der Waals surface area contributed by atoms with E-state index in [2.05, 4.69) is 55.4 Å². The quantitative estimate of drug-likeness (QED) is 0.0222. The summed E-state index contributed by atoms with van der Waals surface area (Å²) in [6, 6.07) is 0. The highest BCUT2D eigenvalue weighted by molar-refractivity contribution is 7.47. The van der Waals surface area contributed by atoms with Crippen molar-refractivity contribution in [3.05, 3.63) is 0 Å². The summed E-state index contributed by atoms with van der Waals surface area (Å²) in [5, 5.41) is 10.6. The Morgan fingerprint density at radius 3 is 0.653 bits per heavy atom. The van der Waals surface area contributed by atoms with E-state index >= 15 is 0 Å². The van der Waals surface area contributed by atoms with Crippen LogP contribution in [0.4, 0.5) is 0 Å². The van der Waals surface area contributed by atoms with Gasteiger partial charge in [-0.05, 0) is 49.4 Å². The molecule has 564 valence electrons. The van der Waals surface area contributed by atoms with E-state index in [1.165, 1.54) is 180 Å². The molecular weight excluding hydrogens is 1250 g/mol. The van der Waals surface area contributed by atoms with Gasteiger partial charge in [-0.15, -0.1) is 0 Å². The molecule has 0 rings (SSSR count). The summed E-state index contributed by atoms with van der Waals surface area (Å²) in [6.07, 6.45) is 50.2. The zero-order valence-corrected chi connectivity index (χ0v) is 64.1. The summed E-state index contributed by atoms with van der Waals surface area (Å²) in [5.41, 5.74) is 0. The number of ether oxygens (including phenoxy) is 4. The van der Waals surface area contributed by atoms with Crippen molar-refractivity contribution in [1.82, 2.24) is 0 Å². The van der Waals surface area contributed by atoms with Gasteiger partial charge in [0.2, 0.25) is 0 Å². The lowest BCUT2D eigenvalue weighted by Crippen LogP contribution is -2.30. The molecule has 2 unspecified atom stereocenters. The summed E-state index contributed by atoms with van der Waals surface area (Å²) in [6.45, 7) is 14.1. The van der Waals surface area contributed by atoms with Crippen molar-refractivity contribution in [2.45, 2.75) is 401 Å².